The lowest BCUT2D eigenvalue weighted by Crippen LogP contribution is -2.01. The summed E-state index contributed by atoms with van der Waals surface area (Å²) in [6, 6.07) is 3.82. The Morgan fingerprint density at radius 3 is 2.14 bits per heavy atom. The predicted octanol–water partition coefficient (Wildman–Crippen LogP) is 2.64. The summed E-state index contributed by atoms with van der Waals surface area (Å²) < 4.78 is 0. The van der Waals surface area contributed by atoms with Crippen LogP contribution in [0.4, 0.5) is 0 Å². The minimum Gasteiger partial charge on any atom is -0.264 e. The lowest BCUT2D eigenvalue weighted by atomic mass is 9.97. The Morgan fingerprint density at radius 1 is 1.29 bits per heavy atom. The van der Waals surface area contributed by atoms with Gasteiger partial charge in [0, 0.05) is 10.5 Å². The molecule has 76 valence electrons. The molecule has 0 aromatic heterocycles. The maximum Gasteiger partial charge on any atom is 0.228 e. The lowest BCUT2D eigenvalue weighted by molar-refractivity contribution is -0.496. The van der Waals surface area contributed by atoms with Crippen molar-refractivity contribution in [2.24, 2.45) is 0 Å². The van der Waals surface area contributed by atoms with Crippen molar-refractivity contribution in [2.45, 2.75) is 33.7 Å². The molecule has 3 heteroatoms. The first kappa shape index (κ1) is 10.7. The van der Waals surface area contributed by atoms with Gasteiger partial charge >= 0.3 is 0 Å². The Morgan fingerprint density at radius 2 is 1.79 bits per heavy atom. The molecule has 0 saturated carbocycles. The van der Waals surface area contributed by atoms with Gasteiger partial charge < -0.3 is 0 Å². The summed E-state index contributed by atoms with van der Waals surface area (Å²) in [6.07, 6.45) is 0.983. The molecule has 0 N–H and O–H groups in total. The van der Waals surface area contributed by atoms with Crippen molar-refractivity contribution < 1.29 is 4.92 Å². The molecule has 0 unspecified atom stereocenters. The quantitative estimate of drug-likeness (QED) is 0.547. The molecular weight excluding hydrogens is 178 g/mol. The van der Waals surface area contributed by atoms with Gasteiger partial charge in [-0.3, -0.25) is 10.1 Å². The summed E-state index contributed by atoms with van der Waals surface area (Å²) in [7, 11) is 0. The molecule has 0 radical (unpaired) electrons. The Balaban J connectivity index is 3.07. The fourth-order valence-corrected chi connectivity index (χ4v) is 1.88. The maximum absolute atomic E-state index is 10.4. The van der Waals surface area contributed by atoms with Crippen molar-refractivity contribution in [1.82, 2.24) is 0 Å². The molecule has 0 atom stereocenters. The second-order valence-corrected chi connectivity index (χ2v) is 3.55. The van der Waals surface area contributed by atoms with Gasteiger partial charge in [-0.2, -0.15) is 0 Å². The zero-order chi connectivity index (χ0) is 10.7. The van der Waals surface area contributed by atoms with Gasteiger partial charge in [-0.05, 0) is 49.1 Å². The Kier molecular flexibility index (Phi) is 3.23. The summed E-state index contributed by atoms with van der Waals surface area (Å²) in [5, 5.41) is 10.4. The molecule has 0 fully saturated rings. The zero-order valence-corrected chi connectivity index (χ0v) is 8.83. The van der Waals surface area contributed by atoms with E-state index < -0.39 is 0 Å². The first-order valence-corrected chi connectivity index (χ1v) is 4.75. The SMILES string of the molecule is CCc1c(C)cc(C[N+](=O)[O-])cc1C. The van der Waals surface area contributed by atoms with E-state index in [4.69, 9.17) is 0 Å². The van der Waals surface area contributed by atoms with Gasteiger partial charge in [0.25, 0.3) is 0 Å². The normalized spacial score (nSPS) is 10.2. The molecule has 0 aliphatic heterocycles. The van der Waals surface area contributed by atoms with E-state index in [-0.39, 0.29) is 11.5 Å². The standard InChI is InChI=1S/C11H15NO2/c1-4-11-8(2)5-10(6-9(11)3)7-12(13)14/h5-6H,4,7H2,1-3H3. The van der Waals surface area contributed by atoms with Crippen LogP contribution in [0.15, 0.2) is 12.1 Å². The molecule has 0 heterocycles. The van der Waals surface area contributed by atoms with Crippen molar-refractivity contribution in [3.05, 3.63) is 44.5 Å². The largest absolute Gasteiger partial charge is 0.264 e. The molecule has 1 rings (SSSR count). The zero-order valence-electron chi connectivity index (χ0n) is 8.83. The Labute approximate surface area is 83.9 Å². The van der Waals surface area contributed by atoms with Crippen LogP contribution >= 0.6 is 0 Å². The topological polar surface area (TPSA) is 43.1 Å². The van der Waals surface area contributed by atoms with Crippen LogP contribution in [-0.4, -0.2) is 4.92 Å². The molecule has 0 amide bonds. The van der Waals surface area contributed by atoms with Crippen molar-refractivity contribution in [3.63, 3.8) is 0 Å². The second kappa shape index (κ2) is 4.22. The van der Waals surface area contributed by atoms with E-state index in [1.165, 1.54) is 5.56 Å². The van der Waals surface area contributed by atoms with Gasteiger partial charge in [-0.1, -0.05) is 6.92 Å². The van der Waals surface area contributed by atoms with Gasteiger partial charge in [-0.25, -0.2) is 0 Å². The number of hydrogen-bond acceptors (Lipinski definition) is 2. The van der Waals surface area contributed by atoms with Gasteiger partial charge in [0.15, 0.2) is 0 Å². The van der Waals surface area contributed by atoms with E-state index in [1.807, 2.05) is 26.0 Å². The van der Waals surface area contributed by atoms with E-state index in [1.54, 1.807) is 0 Å². The molecule has 1 aromatic rings. The highest BCUT2D eigenvalue weighted by Gasteiger charge is 2.06. The van der Waals surface area contributed by atoms with E-state index in [2.05, 4.69) is 6.92 Å². The van der Waals surface area contributed by atoms with Gasteiger partial charge in [0.05, 0.1) is 0 Å². The minimum atomic E-state index is -0.292. The van der Waals surface area contributed by atoms with Crippen LogP contribution in [0.3, 0.4) is 0 Å². The molecule has 0 aliphatic carbocycles. The second-order valence-electron chi connectivity index (χ2n) is 3.55. The molecule has 0 saturated heterocycles. The summed E-state index contributed by atoms with van der Waals surface area (Å²) in [6.45, 7) is 6.04. The average Bonchev–Trinajstić information content (AvgIpc) is 2.01. The van der Waals surface area contributed by atoms with E-state index in [9.17, 15) is 10.1 Å². The summed E-state index contributed by atoms with van der Waals surface area (Å²) in [5.41, 5.74) is 4.41. The van der Waals surface area contributed by atoms with Crippen LogP contribution in [0.25, 0.3) is 0 Å². The number of hydrogen-bond donors (Lipinski definition) is 0. The highest BCUT2D eigenvalue weighted by Crippen LogP contribution is 2.17. The number of benzene rings is 1. The van der Waals surface area contributed by atoms with Crippen LogP contribution in [0, 0.1) is 24.0 Å². The predicted molar refractivity (Wildman–Crippen MR) is 56.0 cm³/mol. The third-order valence-electron chi connectivity index (χ3n) is 2.42. The smallest absolute Gasteiger partial charge is 0.228 e. The monoisotopic (exact) mass is 193 g/mol. The molecule has 1 aromatic carbocycles. The minimum absolute atomic E-state index is 0.0777. The first-order valence-electron chi connectivity index (χ1n) is 4.75. The van der Waals surface area contributed by atoms with Crippen LogP contribution in [0.1, 0.15) is 29.2 Å². The van der Waals surface area contributed by atoms with Gasteiger partial charge in [0.2, 0.25) is 6.54 Å². The lowest BCUT2D eigenvalue weighted by Gasteiger charge is -2.08. The molecule has 0 aliphatic rings. The van der Waals surface area contributed by atoms with Crippen LogP contribution in [0.2, 0.25) is 0 Å². The Hall–Kier alpha value is -1.38. The van der Waals surface area contributed by atoms with E-state index in [0.717, 1.165) is 23.1 Å². The van der Waals surface area contributed by atoms with Crippen molar-refractivity contribution in [3.8, 4) is 0 Å². The fourth-order valence-electron chi connectivity index (χ4n) is 1.88. The van der Waals surface area contributed by atoms with Crippen LogP contribution in [-0.2, 0) is 13.0 Å². The van der Waals surface area contributed by atoms with E-state index >= 15 is 0 Å². The van der Waals surface area contributed by atoms with Crippen LogP contribution < -0.4 is 0 Å². The average molecular weight is 193 g/mol. The summed E-state index contributed by atoms with van der Waals surface area (Å²) in [5.74, 6) is 0. The third kappa shape index (κ3) is 2.31. The maximum atomic E-state index is 10.4. The van der Waals surface area contributed by atoms with Crippen LogP contribution in [0.5, 0.6) is 0 Å². The molecule has 0 bridgehead atoms. The highest BCUT2D eigenvalue weighted by atomic mass is 16.6. The highest BCUT2D eigenvalue weighted by molar-refractivity contribution is 5.37. The number of aryl methyl sites for hydroxylation is 2. The molecule has 14 heavy (non-hydrogen) atoms. The number of nitro groups is 1. The van der Waals surface area contributed by atoms with Crippen molar-refractivity contribution in [1.29, 1.82) is 0 Å². The molecular formula is C11H15NO2. The third-order valence-corrected chi connectivity index (χ3v) is 2.42. The van der Waals surface area contributed by atoms with Gasteiger partial charge in [0.1, 0.15) is 0 Å². The fraction of sp³-hybridized carbons (Fsp3) is 0.455. The molecule has 0 spiro atoms. The Bertz CT molecular complexity index is 335. The summed E-state index contributed by atoms with van der Waals surface area (Å²) >= 11 is 0. The van der Waals surface area contributed by atoms with Crippen molar-refractivity contribution >= 4 is 0 Å². The van der Waals surface area contributed by atoms with Gasteiger partial charge in [-0.15, -0.1) is 0 Å². The number of nitrogens with zero attached hydrogens (tertiary/aromatic N) is 1. The number of rotatable bonds is 3. The van der Waals surface area contributed by atoms with Crippen molar-refractivity contribution in [2.75, 3.05) is 0 Å². The summed E-state index contributed by atoms with van der Waals surface area (Å²) in [4.78, 5) is 10.1. The first-order chi connectivity index (χ1) is 6.54. The molecule has 3 nitrogen and oxygen atoms in total. The van der Waals surface area contributed by atoms with E-state index in [0.29, 0.717) is 0 Å².